The van der Waals surface area contributed by atoms with Gasteiger partial charge in [0, 0.05) is 6.54 Å². The maximum Gasteiger partial charge on any atom is 0.416 e. The summed E-state index contributed by atoms with van der Waals surface area (Å²) in [5, 5.41) is 9.23. The minimum Gasteiger partial charge on any atom is -0.387 e. The highest BCUT2D eigenvalue weighted by Crippen LogP contribution is 2.30. The van der Waals surface area contributed by atoms with Gasteiger partial charge in [0.15, 0.2) is 0 Å². The Labute approximate surface area is 79.2 Å². The number of benzene rings is 1. The first-order valence-corrected chi connectivity index (χ1v) is 4.00. The Kier molecular flexibility index (Phi) is 3.13. The van der Waals surface area contributed by atoms with E-state index >= 15 is 0 Å². The topological polar surface area (TPSA) is 46.2 Å². The van der Waals surface area contributed by atoms with Crippen LogP contribution in [0, 0.1) is 0 Å². The van der Waals surface area contributed by atoms with Crippen molar-refractivity contribution < 1.29 is 18.3 Å². The molecule has 0 spiro atoms. The summed E-state index contributed by atoms with van der Waals surface area (Å²) in [7, 11) is 0. The Hall–Kier alpha value is -1.07. The van der Waals surface area contributed by atoms with Crippen LogP contribution in [0.25, 0.3) is 0 Å². The van der Waals surface area contributed by atoms with Gasteiger partial charge in [-0.1, -0.05) is 12.1 Å². The van der Waals surface area contributed by atoms with Gasteiger partial charge in [0.05, 0.1) is 11.7 Å². The molecule has 0 unspecified atom stereocenters. The number of alkyl halides is 3. The van der Waals surface area contributed by atoms with Gasteiger partial charge in [-0.25, -0.2) is 0 Å². The summed E-state index contributed by atoms with van der Waals surface area (Å²) in [4.78, 5) is 0. The van der Waals surface area contributed by atoms with Crippen LogP contribution in [-0.4, -0.2) is 11.7 Å². The molecule has 0 fully saturated rings. The van der Waals surface area contributed by atoms with E-state index in [-0.39, 0.29) is 12.1 Å². The van der Waals surface area contributed by atoms with E-state index in [1.165, 1.54) is 12.1 Å². The van der Waals surface area contributed by atoms with E-state index < -0.39 is 17.8 Å². The van der Waals surface area contributed by atoms with Crippen molar-refractivity contribution in [2.45, 2.75) is 12.3 Å². The molecular formula is C9H10F3NO. The van der Waals surface area contributed by atoms with Crippen LogP contribution in [0.15, 0.2) is 24.3 Å². The van der Waals surface area contributed by atoms with Gasteiger partial charge < -0.3 is 10.8 Å². The van der Waals surface area contributed by atoms with Crippen LogP contribution in [-0.2, 0) is 6.18 Å². The fourth-order valence-electron chi connectivity index (χ4n) is 1.06. The minimum absolute atomic E-state index is 0.0959. The predicted molar refractivity (Wildman–Crippen MR) is 45.5 cm³/mol. The summed E-state index contributed by atoms with van der Waals surface area (Å²) < 4.78 is 36.7. The third-order valence-electron chi connectivity index (χ3n) is 1.82. The Morgan fingerprint density at radius 1 is 1.36 bits per heavy atom. The van der Waals surface area contributed by atoms with Crippen LogP contribution in [0.3, 0.4) is 0 Å². The number of aliphatic hydroxyl groups is 1. The summed E-state index contributed by atoms with van der Waals surface area (Å²) in [6, 6.07) is 4.51. The summed E-state index contributed by atoms with van der Waals surface area (Å²) in [5.41, 5.74) is 4.54. The molecule has 1 aromatic rings. The van der Waals surface area contributed by atoms with Gasteiger partial charge in [-0.2, -0.15) is 13.2 Å². The second-order valence-corrected chi connectivity index (χ2v) is 2.87. The standard InChI is InChI=1S/C9H10F3NO/c10-9(11,12)7-3-1-2-6(4-7)8(14)5-13/h1-4,8,14H,5,13H2/t8-/m1/s1. The molecule has 0 heterocycles. The molecule has 0 amide bonds. The van der Waals surface area contributed by atoms with Crippen molar-refractivity contribution in [1.82, 2.24) is 0 Å². The van der Waals surface area contributed by atoms with Gasteiger partial charge in [-0.05, 0) is 17.7 Å². The average Bonchev–Trinajstić information content (AvgIpc) is 2.15. The number of rotatable bonds is 2. The van der Waals surface area contributed by atoms with Crippen LogP contribution in [0.5, 0.6) is 0 Å². The Morgan fingerprint density at radius 3 is 2.50 bits per heavy atom. The Morgan fingerprint density at radius 2 is 2.00 bits per heavy atom. The van der Waals surface area contributed by atoms with Crippen molar-refractivity contribution in [2.24, 2.45) is 5.73 Å². The first kappa shape index (κ1) is 11.0. The zero-order valence-corrected chi connectivity index (χ0v) is 7.25. The molecule has 0 aliphatic heterocycles. The quantitative estimate of drug-likeness (QED) is 0.771. The highest BCUT2D eigenvalue weighted by molar-refractivity contribution is 5.27. The van der Waals surface area contributed by atoms with E-state index in [0.717, 1.165) is 12.1 Å². The van der Waals surface area contributed by atoms with Gasteiger partial charge in [0.2, 0.25) is 0 Å². The first-order chi connectivity index (χ1) is 6.45. The molecule has 5 heteroatoms. The van der Waals surface area contributed by atoms with E-state index in [0.29, 0.717) is 0 Å². The number of halogens is 3. The Bertz CT molecular complexity index is 311. The van der Waals surface area contributed by atoms with Crippen LogP contribution in [0.2, 0.25) is 0 Å². The predicted octanol–water partition coefficient (Wildman–Crippen LogP) is 1.70. The van der Waals surface area contributed by atoms with Gasteiger partial charge in [0.25, 0.3) is 0 Å². The van der Waals surface area contributed by atoms with E-state index in [4.69, 9.17) is 5.73 Å². The fourth-order valence-corrected chi connectivity index (χ4v) is 1.06. The molecular weight excluding hydrogens is 195 g/mol. The highest BCUT2D eigenvalue weighted by atomic mass is 19.4. The van der Waals surface area contributed by atoms with Crippen molar-refractivity contribution in [2.75, 3.05) is 6.54 Å². The molecule has 0 aromatic heterocycles. The molecule has 1 rings (SSSR count). The lowest BCUT2D eigenvalue weighted by atomic mass is 10.1. The van der Waals surface area contributed by atoms with Gasteiger partial charge in [-0.3, -0.25) is 0 Å². The lowest BCUT2D eigenvalue weighted by Crippen LogP contribution is -2.13. The molecule has 0 saturated heterocycles. The van der Waals surface area contributed by atoms with Gasteiger partial charge >= 0.3 is 6.18 Å². The normalized spacial score (nSPS) is 14.1. The molecule has 0 aliphatic carbocycles. The van der Waals surface area contributed by atoms with E-state index in [1.807, 2.05) is 0 Å². The van der Waals surface area contributed by atoms with Crippen LogP contribution >= 0.6 is 0 Å². The lowest BCUT2D eigenvalue weighted by Gasteiger charge is -2.11. The highest BCUT2D eigenvalue weighted by Gasteiger charge is 2.30. The summed E-state index contributed by atoms with van der Waals surface area (Å²) in [6.45, 7) is -0.0959. The van der Waals surface area contributed by atoms with Crippen LogP contribution in [0.1, 0.15) is 17.2 Å². The van der Waals surface area contributed by atoms with Crippen molar-refractivity contribution in [3.8, 4) is 0 Å². The molecule has 0 bridgehead atoms. The molecule has 3 N–H and O–H groups in total. The molecule has 14 heavy (non-hydrogen) atoms. The summed E-state index contributed by atoms with van der Waals surface area (Å²) >= 11 is 0. The minimum atomic E-state index is -4.38. The molecule has 0 radical (unpaired) electrons. The second-order valence-electron chi connectivity index (χ2n) is 2.87. The van der Waals surface area contributed by atoms with E-state index in [1.54, 1.807) is 0 Å². The van der Waals surface area contributed by atoms with E-state index in [2.05, 4.69) is 0 Å². The number of hydrogen-bond acceptors (Lipinski definition) is 2. The number of hydrogen-bond donors (Lipinski definition) is 2. The number of aliphatic hydroxyl groups excluding tert-OH is 1. The summed E-state index contributed by atoms with van der Waals surface area (Å²) in [5.74, 6) is 0. The van der Waals surface area contributed by atoms with Gasteiger partial charge in [0.1, 0.15) is 0 Å². The zero-order valence-electron chi connectivity index (χ0n) is 7.25. The smallest absolute Gasteiger partial charge is 0.387 e. The zero-order chi connectivity index (χ0) is 10.8. The first-order valence-electron chi connectivity index (χ1n) is 4.00. The monoisotopic (exact) mass is 205 g/mol. The molecule has 0 aliphatic rings. The van der Waals surface area contributed by atoms with Crippen molar-refractivity contribution in [3.63, 3.8) is 0 Å². The fraction of sp³-hybridized carbons (Fsp3) is 0.333. The maximum atomic E-state index is 12.2. The summed E-state index contributed by atoms with van der Waals surface area (Å²) in [6.07, 6.45) is -5.43. The second kappa shape index (κ2) is 3.98. The lowest BCUT2D eigenvalue weighted by molar-refractivity contribution is -0.137. The average molecular weight is 205 g/mol. The maximum absolute atomic E-state index is 12.2. The molecule has 1 atom stereocenters. The van der Waals surface area contributed by atoms with Gasteiger partial charge in [-0.15, -0.1) is 0 Å². The van der Waals surface area contributed by atoms with Crippen molar-refractivity contribution >= 4 is 0 Å². The number of nitrogens with two attached hydrogens (primary N) is 1. The van der Waals surface area contributed by atoms with Crippen LogP contribution in [0.4, 0.5) is 13.2 Å². The third kappa shape index (κ3) is 2.46. The van der Waals surface area contributed by atoms with E-state index in [9.17, 15) is 18.3 Å². The molecule has 78 valence electrons. The third-order valence-corrected chi connectivity index (χ3v) is 1.82. The Balaban J connectivity index is 3.01. The molecule has 0 saturated carbocycles. The van der Waals surface area contributed by atoms with Crippen molar-refractivity contribution in [3.05, 3.63) is 35.4 Å². The van der Waals surface area contributed by atoms with Crippen LogP contribution < -0.4 is 5.73 Å². The SMILES string of the molecule is NC[C@@H](O)c1cccc(C(F)(F)F)c1. The molecule has 2 nitrogen and oxygen atoms in total. The molecule has 1 aromatic carbocycles. The largest absolute Gasteiger partial charge is 0.416 e. The van der Waals surface area contributed by atoms with Crippen molar-refractivity contribution in [1.29, 1.82) is 0 Å².